The molecule has 0 saturated heterocycles. The first-order chi connectivity index (χ1) is 18.6. The van der Waals surface area contributed by atoms with E-state index in [2.05, 4.69) is 61.5 Å². The molecule has 0 bridgehead atoms. The number of benzene rings is 3. The number of nitrogens with zero attached hydrogens (tertiary/aromatic N) is 3. The molecule has 38 heavy (non-hydrogen) atoms. The van der Waals surface area contributed by atoms with Crippen LogP contribution in [0.15, 0.2) is 102 Å². The van der Waals surface area contributed by atoms with Crippen LogP contribution in [0.1, 0.15) is 34.7 Å². The third-order valence-electron chi connectivity index (χ3n) is 7.43. The molecular formula is C33H31N3O2. The molecule has 4 aromatic rings. The molecule has 1 aliphatic heterocycles. The van der Waals surface area contributed by atoms with Gasteiger partial charge in [-0.25, -0.2) is 4.98 Å². The van der Waals surface area contributed by atoms with E-state index in [4.69, 9.17) is 9.40 Å². The standard InChI is InChI=1S/C33H31N3O2/c1-35(2)26-20-18-25(19-21-26)31-30(33(37)36-22-10-14-24-13-6-9-17-29(24)36)34-32(38-31)28-16-8-7-15-27(28)23-11-4-3-5-12-23/h3-9,11-13,15-20,26H,10,14,21-22H2,1-2H3. The predicted molar refractivity (Wildman–Crippen MR) is 153 cm³/mol. The number of carbonyl (C=O) groups is 1. The van der Waals surface area contributed by atoms with Crippen LogP contribution in [0, 0.1) is 0 Å². The van der Waals surface area contributed by atoms with Crippen molar-refractivity contribution in [2.75, 3.05) is 25.5 Å². The van der Waals surface area contributed by atoms with Crippen molar-refractivity contribution in [2.24, 2.45) is 0 Å². The Kier molecular flexibility index (Phi) is 6.52. The lowest BCUT2D eigenvalue weighted by Crippen LogP contribution is -2.36. The number of allylic oxidation sites excluding steroid dienone is 2. The highest BCUT2D eigenvalue weighted by atomic mass is 16.4. The second kappa shape index (κ2) is 10.3. The van der Waals surface area contributed by atoms with E-state index >= 15 is 0 Å². The molecule has 0 N–H and O–H groups in total. The Morgan fingerprint density at radius 2 is 1.68 bits per heavy atom. The monoisotopic (exact) mass is 501 g/mol. The zero-order chi connectivity index (χ0) is 26.1. The van der Waals surface area contributed by atoms with Crippen molar-refractivity contribution in [1.82, 2.24) is 9.88 Å². The molecule has 2 heterocycles. The first-order valence-corrected chi connectivity index (χ1v) is 13.2. The Hall–Kier alpha value is -4.22. The second-order valence-electron chi connectivity index (χ2n) is 10.1. The molecule has 6 rings (SSSR count). The number of likely N-dealkylation sites (N-methyl/N-ethyl adjacent to an activating group) is 1. The molecule has 5 heteroatoms. The average Bonchev–Trinajstić information content (AvgIpc) is 3.42. The number of aromatic nitrogens is 1. The van der Waals surface area contributed by atoms with Crippen molar-refractivity contribution in [3.8, 4) is 22.6 Å². The number of hydrogen-bond acceptors (Lipinski definition) is 4. The fraction of sp³-hybridized carbons (Fsp3) is 0.212. The molecular weight excluding hydrogens is 470 g/mol. The number of hydrogen-bond donors (Lipinski definition) is 0. The Balaban J connectivity index is 1.47. The smallest absolute Gasteiger partial charge is 0.280 e. The number of para-hydroxylation sites is 1. The van der Waals surface area contributed by atoms with Crippen molar-refractivity contribution in [3.05, 3.63) is 114 Å². The predicted octanol–water partition coefficient (Wildman–Crippen LogP) is 6.88. The molecule has 5 nitrogen and oxygen atoms in total. The molecule has 1 amide bonds. The quantitative estimate of drug-likeness (QED) is 0.299. The third-order valence-corrected chi connectivity index (χ3v) is 7.43. The summed E-state index contributed by atoms with van der Waals surface area (Å²) < 4.78 is 6.51. The minimum atomic E-state index is -0.122. The van der Waals surface area contributed by atoms with Gasteiger partial charge in [-0.1, -0.05) is 85.0 Å². The maximum Gasteiger partial charge on any atom is 0.280 e. The average molecular weight is 502 g/mol. The Labute approximate surface area is 223 Å². The molecule has 190 valence electrons. The van der Waals surface area contributed by atoms with Crippen LogP contribution in [0.4, 0.5) is 5.69 Å². The molecule has 0 spiro atoms. The van der Waals surface area contributed by atoms with Gasteiger partial charge in [-0.05, 0) is 62.2 Å². The highest BCUT2D eigenvalue weighted by Gasteiger charge is 2.31. The van der Waals surface area contributed by atoms with Crippen LogP contribution in [0.25, 0.3) is 28.2 Å². The lowest BCUT2D eigenvalue weighted by atomic mass is 9.98. The first-order valence-electron chi connectivity index (χ1n) is 13.2. The molecule has 1 unspecified atom stereocenters. The molecule has 3 aromatic carbocycles. The van der Waals surface area contributed by atoms with Crippen LogP contribution < -0.4 is 4.90 Å². The normalized spacial score (nSPS) is 16.9. The summed E-state index contributed by atoms with van der Waals surface area (Å²) in [6.45, 7) is 0.662. The van der Waals surface area contributed by atoms with Gasteiger partial charge in [0.25, 0.3) is 5.91 Å². The highest BCUT2D eigenvalue weighted by molar-refractivity contribution is 6.08. The van der Waals surface area contributed by atoms with E-state index in [0.717, 1.165) is 47.2 Å². The fourth-order valence-corrected chi connectivity index (χ4v) is 5.35. The summed E-state index contributed by atoms with van der Waals surface area (Å²) in [6.07, 6.45) is 9.12. The van der Waals surface area contributed by atoms with E-state index in [-0.39, 0.29) is 5.91 Å². The molecule has 1 aromatic heterocycles. The number of oxazole rings is 1. The third kappa shape index (κ3) is 4.50. The molecule has 1 atom stereocenters. The van der Waals surface area contributed by atoms with Crippen LogP contribution in [0.2, 0.25) is 0 Å². The summed E-state index contributed by atoms with van der Waals surface area (Å²) in [5.74, 6) is 0.866. The van der Waals surface area contributed by atoms with E-state index in [1.807, 2.05) is 59.5 Å². The number of rotatable bonds is 5. The van der Waals surface area contributed by atoms with Gasteiger partial charge in [-0.3, -0.25) is 4.79 Å². The van der Waals surface area contributed by atoms with Crippen LogP contribution in [-0.2, 0) is 6.42 Å². The van der Waals surface area contributed by atoms with E-state index in [1.165, 1.54) is 5.56 Å². The first kappa shape index (κ1) is 24.1. The van der Waals surface area contributed by atoms with E-state index < -0.39 is 0 Å². The molecule has 2 aliphatic rings. The molecule has 1 aliphatic carbocycles. The summed E-state index contributed by atoms with van der Waals surface area (Å²) in [4.78, 5) is 23.1. The van der Waals surface area contributed by atoms with Crippen LogP contribution >= 0.6 is 0 Å². The lowest BCUT2D eigenvalue weighted by molar-refractivity contribution is 0.0980. The number of aryl methyl sites for hydroxylation is 1. The van der Waals surface area contributed by atoms with Crippen molar-refractivity contribution in [1.29, 1.82) is 0 Å². The Bertz CT molecular complexity index is 1530. The van der Waals surface area contributed by atoms with Crippen molar-refractivity contribution >= 4 is 17.2 Å². The summed E-state index contributed by atoms with van der Waals surface area (Å²) in [5, 5.41) is 0. The summed E-state index contributed by atoms with van der Waals surface area (Å²) in [7, 11) is 4.15. The highest BCUT2D eigenvalue weighted by Crippen LogP contribution is 2.37. The van der Waals surface area contributed by atoms with Gasteiger partial charge in [0.1, 0.15) is 0 Å². The van der Waals surface area contributed by atoms with Crippen molar-refractivity contribution in [3.63, 3.8) is 0 Å². The van der Waals surface area contributed by atoms with Gasteiger partial charge in [0.2, 0.25) is 5.89 Å². The van der Waals surface area contributed by atoms with Crippen molar-refractivity contribution < 1.29 is 9.21 Å². The van der Waals surface area contributed by atoms with Crippen LogP contribution in [0.3, 0.4) is 0 Å². The van der Waals surface area contributed by atoms with Gasteiger partial charge in [0, 0.05) is 29.4 Å². The van der Waals surface area contributed by atoms with E-state index in [1.54, 1.807) is 0 Å². The molecule has 0 fully saturated rings. The Morgan fingerprint density at radius 3 is 2.45 bits per heavy atom. The van der Waals surface area contributed by atoms with Gasteiger partial charge in [-0.15, -0.1) is 0 Å². The van der Waals surface area contributed by atoms with Crippen molar-refractivity contribution in [2.45, 2.75) is 25.3 Å². The fourth-order valence-electron chi connectivity index (χ4n) is 5.35. The van der Waals surface area contributed by atoms with Gasteiger partial charge in [-0.2, -0.15) is 0 Å². The maximum atomic E-state index is 14.1. The van der Waals surface area contributed by atoms with Gasteiger partial charge in [0.05, 0.1) is 0 Å². The van der Waals surface area contributed by atoms with Gasteiger partial charge >= 0.3 is 0 Å². The van der Waals surface area contributed by atoms with Crippen LogP contribution in [-0.4, -0.2) is 42.5 Å². The Morgan fingerprint density at radius 1 is 0.947 bits per heavy atom. The number of fused-ring (bicyclic) bond motifs is 1. The molecule has 0 radical (unpaired) electrons. The van der Waals surface area contributed by atoms with Gasteiger partial charge < -0.3 is 14.2 Å². The lowest BCUT2D eigenvalue weighted by Gasteiger charge is -2.29. The topological polar surface area (TPSA) is 49.6 Å². The minimum Gasteiger partial charge on any atom is -0.435 e. The number of carbonyl (C=O) groups excluding carboxylic acids is 1. The summed E-state index contributed by atoms with van der Waals surface area (Å²) in [5.41, 5.74) is 6.37. The van der Waals surface area contributed by atoms with Crippen LogP contribution in [0.5, 0.6) is 0 Å². The largest absolute Gasteiger partial charge is 0.435 e. The number of amides is 1. The number of anilines is 1. The summed E-state index contributed by atoms with van der Waals surface area (Å²) in [6, 6.07) is 26.7. The van der Waals surface area contributed by atoms with E-state index in [9.17, 15) is 4.79 Å². The zero-order valence-corrected chi connectivity index (χ0v) is 21.8. The maximum absolute atomic E-state index is 14.1. The minimum absolute atomic E-state index is 0.122. The van der Waals surface area contributed by atoms with E-state index in [0.29, 0.717) is 29.9 Å². The molecule has 0 saturated carbocycles. The summed E-state index contributed by atoms with van der Waals surface area (Å²) >= 11 is 0. The SMILES string of the molecule is CN(C)C1C=CC(c2oc(-c3ccccc3-c3ccccc3)nc2C(=O)N2CCCc3ccccc32)=CC1. The zero-order valence-electron chi connectivity index (χ0n) is 21.8. The van der Waals surface area contributed by atoms with Gasteiger partial charge in [0.15, 0.2) is 11.5 Å². The second-order valence-corrected chi connectivity index (χ2v) is 10.1.